The van der Waals surface area contributed by atoms with E-state index in [-0.39, 0.29) is 11.7 Å². The second-order valence-corrected chi connectivity index (χ2v) is 4.15. The van der Waals surface area contributed by atoms with Crippen LogP contribution in [0.15, 0.2) is 41.8 Å². The first-order valence-electron chi connectivity index (χ1n) is 4.53. The van der Waals surface area contributed by atoms with Crippen molar-refractivity contribution in [3.63, 3.8) is 0 Å². The highest BCUT2D eigenvalue weighted by Gasteiger charge is 2.13. The van der Waals surface area contributed by atoms with Gasteiger partial charge >= 0.3 is 0 Å². The minimum Gasteiger partial charge on any atom is -0.508 e. The lowest BCUT2D eigenvalue weighted by atomic mass is 9.99. The summed E-state index contributed by atoms with van der Waals surface area (Å²) in [5, 5.41) is 20.2. The normalized spacial score (nSPS) is 11.9. The molecule has 0 radical (unpaired) electrons. The van der Waals surface area contributed by atoms with E-state index in [0.29, 0.717) is 0 Å². The van der Waals surface area contributed by atoms with E-state index in [1.807, 2.05) is 17.5 Å². The molecule has 0 aliphatic heterocycles. The Morgan fingerprint density at radius 3 is 2.47 bits per heavy atom. The van der Waals surface area contributed by atoms with Gasteiger partial charge in [-0.3, -0.25) is 0 Å². The summed E-state index contributed by atoms with van der Waals surface area (Å²) in [6, 6.07) is 12.9. The molecule has 1 heterocycles. The Morgan fingerprint density at radius 1 is 1.20 bits per heavy atom. The van der Waals surface area contributed by atoms with Crippen LogP contribution in [0.5, 0.6) is 5.75 Å². The number of rotatable bonds is 2. The minimum atomic E-state index is -0.231. The number of nitrogens with zero attached hydrogens (tertiary/aromatic N) is 1. The van der Waals surface area contributed by atoms with Crippen LogP contribution in [0.1, 0.15) is 16.4 Å². The predicted molar refractivity (Wildman–Crippen MR) is 59.9 cm³/mol. The van der Waals surface area contributed by atoms with Crippen molar-refractivity contribution >= 4 is 11.3 Å². The zero-order chi connectivity index (χ0) is 10.7. The molecule has 1 aromatic heterocycles. The summed E-state index contributed by atoms with van der Waals surface area (Å²) in [7, 11) is 0. The van der Waals surface area contributed by atoms with Crippen LogP contribution in [0.4, 0.5) is 0 Å². The summed E-state index contributed by atoms with van der Waals surface area (Å²) in [4.78, 5) is 1.03. The average molecular weight is 215 g/mol. The molecular weight excluding hydrogens is 206 g/mol. The largest absolute Gasteiger partial charge is 0.508 e. The Labute approximate surface area is 92.0 Å². The Hall–Kier alpha value is -1.79. The van der Waals surface area contributed by atoms with E-state index in [4.69, 9.17) is 10.4 Å². The van der Waals surface area contributed by atoms with Crippen molar-refractivity contribution in [2.45, 2.75) is 5.92 Å². The van der Waals surface area contributed by atoms with Crippen molar-refractivity contribution in [3.05, 3.63) is 52.2 Å². The molecule has 1 aromatic carbocycles. The first kappa shape index (κ1) is 9.75. The Bertz CT molecular complexity index is 467. The summed E-state index contributed by atoms with van der Waals surface area (Å²) in [5.74, 6) is -0.00720. The van der Waals surface area contributed by atoms with Crippen LogP contribution in [0, 0.1) is 11.3 Å². The maximum absolute atomic E-state index is 9.16. The number of phenols is 1. The molecule has 3 heteroatoms. The number of aromatic hydroxyl groups is 1. The molecule has 0 aliphatic carbocycles. The summed E-state index contributed by atoms with van der Waals surface area (Å²) < 4.78 is 0. The van der Waals surface area contributed by atoms with Crippen molar-refractivity contribution in [1.29, 1.82) is 5.26 Å². The van der Waals surface area contributed by atoms with Crippen LogP contribution in [-0.4, -0.2) is 5.11 Å². The SMILES string of the molecule is N#CC(c1ccc(O)cc1)c1cccs1. The van der Waals surface area contributed by atoms with Crippen LogP contribution >= 0.6 is 11.3 Å². The monoisotopic (exact) mass is 215 g/mol. The highest BCUT2D eigenvalue weighted by molar-refractivity contribution is 7.10. The second kappa shape index (κ2) is 4.16. The molecule has 2 rings (SSSR count). The van der Waals surface area contributed by atoms with Crippen molar-refractivity contribution in [3.8, 4) is 11.8 Å². The van der Waals surface area contributed by atoms with Gasteiger partial charge in [0.25, 0.3) is 0 Å². The number of hydrogen-bond acceptors (Lipinski definition) is 3. The van der Waals surface area contributed by atoms with E-state index in [1.165, 1.54) is 0 Å². The van der Waals surface area contributed by atoms with Crippen molar-refractivity contribution in [1.82, 2.24) is 0 Å². The maximum atomic E-state index is 9.16. The zero-order valence-corrected chi connectivity index (χ0v) is 8.74. The number of hydrogen-bond donors (Lipinski definition) is 1. The van der Waals surface area contributed by atoms with E-state index >= 15 is 0 Å². The molecule has 2 aromatic rings. The molecule has 0 saturated heterocycles. The topological polar surface area (TPSA) is 44.0 Å². The first-order chi connectivity index (χ1) is 7.31. The van der Waals surface area contributed by atoms with Crippen LogP contribution in [0.25, 0.3) is 0 Å². The molecule has 0 bridgehead atoms. The van der Waals surface area contributed by atoms with E-state index in [0.717, 1.165) is 10.4 Å². The third kappa shape index (κ3) is 2.00. The molecule has 0 fully saturated rings. The lowest BCUT2D eigenvalue weighted by Crippen LogP contribution is -1.94. The van der Waals surface area contributed by atoms with E-state index in [1.54, 1.807) is 35.6 Å². The van der Waals surface area contributed by atoms with Crippen molar-refractivity contribution in [2.75, 3.05) is 0 Å². The first-order valence-corrected chi connectivity index (χ1v) is 5.41. The van der Waals surface area contributed by atoms with Gasteiger partial charge < -0.3 is 5.11 Å². The third-order valence-corrected chi connectivity index (χ3v) is 3.12. The fourth-order valence-corrected chi connectivity index (χ4v) is 2.22. The standard InChI is InChI=1S/C12H9NOS/c13-8-11(12-2-1-7-15-12)9-3-5-10(14)6-4-9/h1-7,11,14H. The molecule has 15 heavy (non-hydrogen) atoms. The highest BCUT2D eigenvalue weighted by Crippen LogP contribution is 2.28. The van der Waals surface area contributed by atoms with E-state index in [9.17, 15) is 0 Å². The molecule has 2 nitrogen and oxygen atoms in total. The third-order valence-electron chi connectivity index (χ3n) is 2.18. The highest BCUT2D eigenvalue weighted by atomic mass is 32.1. The minimum absolute atomic E-state index is 0.224. The molecule has 1 atom stereocenters. The zero-order valence-electron chi connectivity index (χ0n) is 7.92. The second-order valence-electron chi connectivity index (χ2n) is 3.17. The van der Waals surface area contributed by atoms with Crippen LogP contribution in [-0.2, 0) is 0 Å². The van der Waals surface area contributed by atoms with Gasteiger partial charge in [-0.2, -0.15) is 5.26 Å². The molecule has 1 N–H and O–H groups in total. The molecule has 0 saturated carbocycles. The van der Waals surface area contributed by atoms with Gasteiger partial charge in [-0.05, 0) is 29.1 Å². The van der Waals surface area contributed by atoms with Crippen molar-refractivity contribution < 1.29 is 5.11 Å². The van der Waals surface area contributed by atoms with Gasteiger partial charge in [0.05, 0.1) is 6.07 Å². The number of thiophene rings is 1. The molecule has 0 amide bonds. The van der Waals surface area contributed by atoms with Gasteiger partial charge in [0.1, 0.15) is 11.7 Å². The van der Waals surface area contributed by atoms with Gasteiger partial charge in [0.15, 0.2) is 0 Å². The smallest absolute Gasteiger partial charge is 0.115 e. The predicted octanol–water partition coefficient (Wildman–Crippen LogP) is 3.11. The Morgan fingerprint density at radius 2 is 1.93 bits per heavy atom. The molecule has 74 valence electrons. The van der Waals surface area contributed by atoms with Crippen molar-refractivity contribution in [2.24, 2.45) is 0 Å². The molecule has 1 unspecified atom stereocenters. The van der Waals surface area contributed by atoms with Gasteiger partial charge in [0.2, 0.25) is 0 Å². The maximum Gasteiger partial charge on any atom is 0.115 e. The van der Waals surface area contributed by atoms with Gasteiger partial charge in [0, 0.05) is 4.88 Å². The summed E-state index contributed by atoms with van der Waals surface area (Å²) in [6.45, 7) is 0. The van der Waals surface area contributed by atoms with E-state index < -0.39 is 0 Å². The summed E-state index contributed by atoms with van der Waals surface area (Å²) >= 11 is 1.57. The number of nitriles is 1. The summed E-state index contributed by atoms with van der Waals surface area (Å²) in [6.07, 6.45) is 0. The fraction of sp³-hybridized carbons (Fsp3) is 0.0833. The Balaban J connectivity index is 2.37. The number of phenolic OH excluding ortho intramolecular Hbond substituents is 1. The summed E-state index contributed by atoms with van der Waals surface area (Å²) in [5.41, 5.74) is 0.915. The van der Waals surface area contributed by atoms with E-state index in [2.05, 4.69) is 6.07 Å². The average Bonchev–Trinajstić information content (AvgIpc) is 2.75. The molecule has 0 aliphatic rings. The Kier molecular flexibility index (Phi) is 2.70. The fourth-order valence-electron chi connectivity index (χ4n) is 1.42. The lowest BCUT2D eigenvalue weighted by Gasteiger charge is -2.06. The number of benzene rings is 1. The molecule has 0 spiro atoms. The van der Waals surface area contributed by atoms with Gasteiger partial charge in [-0.1, -0.05) is 18.2 Å². The van der Waals surface area contributed by atoms with Gasteiger partial charge in [-0.15, -0.1) is 11.3 Å². The molecular formula is C12H9NOS. The quantitative estimate of drug-likeness (QED) is 0.836. The van der Waals surface area contributed by atoms with Gasteiger partial charge in [-0.25, -0.2) is 0 Å². The lowest BCUT2D eigenvalue weighted by molar-refractivity contribution is 0.475. The van der Waals surface area contributed by atoms with Crippen LogP contribution in [0.2, 0.25) is 0 Å². The van der Waals surface area contributed by atoms with Crippen LogP contribution < -0.4 is 0 Å². The van der Waals surface area contributed by atoms with Crippen LogP contribution in [0.3, 0.4) is 0 Å².